The summed E-state index contributed by atoms with van der Waals surface area (Å²) in [4.78, 5) is 57.4. The minimum absolute atomic E-state index is 0. The number of anilines is 2. The van der Waals surface area contributed by atoms with Gasteiger partial charge >= 0.3 is 24.0 Å². The summed E-state index contributed by atoms with van der Waals surface area (Å²) >= 11 is 9.90. The Kier molecular flexibility index (Phi) is 20.6. The van der Waals surface area contributed by atoms with Crippen LogP contribution in [0.5, 0.6) is 0 Å². The van der Waals surface area contributed by atoms with Crippen LogP contribution in [-0.2, 0) is 21.3 Å². The highest BCUT2D eigenvalue weighted by Gasteiger charge is 2.26. The van der Waals surface area contributed by atoms with E-state index in [0.717, 1.165) is 60.0 Å². The maximum Gasteiger partial charge on any atom is 0.337 e. The van der Waals surface area contributed by atoms with Crippen LogP contribution in [0.2, 0.25) is 0 Å². The normalized spacial score (nSPS) is 13.9. The molecular formula is C43H51Br3F2N6O6. The zero-order valence-electron chi connectivity index (χ0n) is 33.2. The molecule has 0 bridgehead atoms. The highest BCUT2D eigenvalue weighted by molar-refractivity contribution is 9.10. The summed E-state index contributed by atoms with van der Waals surface area (Å²) < 4.78 is 38.8. The summed E-state index contributed by atoms with van der Waals surface area (Å²) in [5.74, 6) is -2.09. The summed E-state index contributed by atoms with van der Waals surface area (Å²) in [5, 5.41) is 3.33. The summed E-state index contributed by atoms with van der Waals surface area (Å²) in [6.45, 7) is 6.34. The third-order valence-corrected chi connectivity index (χ3v) is 11.1. The maximum atomic E-state index is 14.7. The summed E-state index contributed by atoms with van der Waals surface area (Å²) in [7, 11) is 6.60. The van der Waals surface area contributed by atoms with Crippen molar-refractivity contribution in [1.82, 2.24) is 19.6 Å². The van der Waals surface area contributed by atoms with Crippen LogP contribution in [0.15, 0.2) is 93.9 Å². The smallest absolute Gasteiger partial charge is 0.337 e. The predicted octanol–water partition coefficient (Wildman–Crippen LogP) is 9.12. The van der Waals surface area contributed by atoms with E-state index >= 15 is 0 Å². The fourth-order valence-electron chi connectivity index (χ4n) is 5.80. The molecule has 1 N–H and O–H groups in total. The number of carbonyl (C=O) groups excluding carboxylic acids is 4. The van der Waals surface area contributed by atoms with Gasteiger partial charge in [-0.25, -0.2) is 28.0 Å². The van der Waals surface area contributed by atoms with Crippen molar-refractivity contribution in [1.29, 1.82) is 0 Å². The van der Waals surface area contributed by atoms with Gasteiger partial charge < -0.3 is 34.4 Å². The van der Waals surface area contributed by atoms with Crippen LogP contribution >= 0.6 is 47.8 Å². The Hall–Kier alpha value is -4.42. The van der Waals surface area contributed by atoms with Gasteiger partial charge in [0, 0.05) is 83.6 Å². The van der Waals surface area contributed by atoms with Crippen molar-refractivity contribution in [2.24, 2.45) is 0 Å². The second-order valence-corrected chi connectivity index (χ2v) is 16.0. The molecule has 2 fully saturated rings. The van der Waals surface area contributed by atoms with Gasteiger partial charge in [0.15, 0.2) is 0 Å². The number of benzene rings is 4. The maximum absolute atomic E-state index is 14.7. The fourth-order valence-corrected chi connectivity index (χ4v) is 6.78. The molecule has 0 unspecified atom stereocenters. The van der Waals surface area contributed by atoms with E-state index in [1.807, 2.05) is 60.5 Å². The molecule has 4 amide bonds. The van der Waals surface area contributed by atoms with Crippen LogP contribution < -0.4 is 10.2 Å². The van der Waals surface area contributed by atoms with E-state index in [-0.39, 0.29) is 37.2 Å². The predicted molar refractivity (Wildman–Crippen MR) is 242 cm³/mol. The number of piperazine rings is 2. The molecule has 60 heavy (non-hydrogen) atoms. The Balaban J connectivity index is 0.000000263. The molecule has 0 aliphatic carbocycles. The monoisotopic (exact) mass is 1020 g/mol. The lowest BCUT2D eigenvalue weighted by Crippen LogP contribution is -2.52. The number of likely N-dealkylation sites (N-methyl/N-ethyl adjacent to an activating group) is 2. The van der Waals surface area contributed by atoms with Crippen molar-refractivity contribution in [2.45, 2.75) is 19.3 Å². The first kappa shape index (κ1) is 49.9. The van der Waals surface area contributed by atoms with Gasteiger partial charge in [-0.05, 0) is 92.5 Å². The Morgan fingerprint density at radius 1 is 0.650 bits per heavy atom. The van der Waals surface area contributed by atoms with Crippen molar-refractivity contribution in [3.05, 3.63) is 128 Å². The molecule has 12 nitrogen and oxygen atoms in total. The van der Waals surface area contributed by atoms with Gasteiger partial charge in [-0.2, -0.15) is 0 Å². The molecule has 0 spiro atoms. The van der Waals surface area contributed by atoms with E-state index in [1.165, 1.54) is 38.5 Å². The lowest BCUT2D eigenvalue weighted by atomic mass is 10.1. The fraction of sp³-hybridized carbons (Fsp3) is 0.349. The first-order valence-corrected chi connectivity index (χ1v) is 21.2. The Morgan fingerprint density at radius 2 is 1.08 bits per heavy atom. The van der Waals surface area contributed by atoms with Crippen molar-refractivity contribution >= 4 is 83.2 Å². The zero-order valence-corrected chi connectivity index (χ0v) is 38.0. The molecule has 6 rings (SSSR count). The molecule has 0 radical (unpaired) electrons. The van der Waals surface area contributed by atoms with E-state index < -0.39 is 23.6 Å². The number of esters is 2. The van der Waals surface area contributed by atoms with E-state index in [1.54, 1.807) is 15.9 Å². The molecule has 2 saturated heterocycles. The van der Waals surface area contributed by atoms with E-state index in [9.17, 15) is 28.0 Å². The number of rotatable bonds is 7. The molecule has 324 valence electrons. The standard InChI is InChI=1S/C21H23BrFN3O3.C12H16BrN3O.C9H8BrFO2.CH4/c1-24-9-11-25(12-10-24)21(28)26(18-7-5-17(22)6-8-18)14-16-4-3-15(13-19(16)23)20(27)29-2;1-15-6-8-16(9-7-15)12(17)14-11-4-2-10(13)3-5-11;1-13-9(12)6-2-3-7(5-10)8(11)4-6;/h3-8,13H,9-12,14H2,1-2H3;2-5H,6-9H2,1H3,(H,14,17);2-4H,5H2,1H3;1H4. The zero-order chi connectivity index (χ0) is 43.1. The minimum Gasteiger partial charge on any atom is -0.465 e. The second-order valence-electron chi connectivity index (χ2n) is 13.6. The van der Waals surface area contributed by atoms with Gasteiger partial charge in [-0.1, -0.05) is 67.3 Å². The largest absolute Gasteiger partial charge is 0.465 e. The number of methoxy groups -OCH3 is 2. The molecule has 0 aromatic heterocycles. The molecular weight excluding hydrogens is 974 g/mol. The number of carbonyl (C=O) groups is 4. The summed E-state index contributed by atoms with van der Waals surface area (Å²) in [6.07, 6.45) is 0. The Bertz CT molecular complexity index is 2030. The molecule has 2 heterocycles. The van der Waals surface area contributed by atoms with Crippen molar-refractivity contribution in [2.75, 3.05) is 90.9 Å². The topological polar surface area (TPSA) is 115 Å². The van der Waals surface area contributed by atoms with Gasteiger partial charge in [-0.15, -0.1) is 0 Å². The second kappa shape index (κ2) is 24.7. The number of nitrogens with zero attached hydrogens (tertiary/aromatic N) is 5. The highest BCUT2D eigenvalue weighted by atomic mass is 79.9. The van der Waals surface area contributed by atoms with Gasteiger partial charge in [0.1, 0.15) is 11.6 Å². The number of amides is 4. The molecule has 2 aliphatic rings. The minimum atomic E-state index is -0.603. The van der Waals surface area contributed by atoms with Crippen LogP contribution in [0.25, 0.3) is 0 Å². The van der Waals surface area contributed by atoms with Gasteiger partial charge in [0.2, 0.25) is 0 Å². The molecule has 4 aromatic rings. The Labute approximate surface area is 376 Å². The van der Waals surface area contributed by atoms with Crippen LogP contribution in [0.1, 0.15) is 39.3 Å². The number of urea groups is 2. The molecule has 0 saturated carbocycles. The van der Waals surface area contributed by atoms with E-state index in [0.29, 0.717) is 35.2 Å². The summed E-state index contributed by atoms with van der Waals surface area (Å²) in [5.41, 5.74) is 2.71. The average Bonchev–Trinajstić information content (AvgIpc) is 3.24. The van der Waals surface area contributed by atoms with Crippen molar-refractivity contribution in [3.8, 4) is 0 Å². The molecule has 17 heteroatoms. The van der Waals surface area contributed by atoms with Crippen LogP contribution in [0.4, 0.5) is 29.7 Å². The third kappa shape index (κ3) is 14.9. The molecule has 2 aliphatic heterocycles. The lowest BCUT2D eigenvalue weighted by Gasteiger charge is -2.36. The van der Waals surface area contributed by atoms with Gasteiger partial charge in [0.05, 0.1) is 31.9 Å². The molecule has 4 aromatic carbocycles. The van der Waals surface area contributed by atoms with E-state index in [4.69, 9.17) is 0 Å². The van der Waals surface area contributed by atoms with Crippen LogP contribution in [0, 0.1) is 11.6 Å². The van der Waals surface area contributed by atoms with Crippen LogP contribution in [0.3, 0.4) is 0 Å². The van der Waals surface area contributed by atoms with Crippen LogP contribution in [-0.4, -0.2) is 124 Å². The lowest BCUT2D eigenvalue weighted by molar-refractivity contribution is 0.0591. The first-order chi connectivity index (χ1) is 28.2. The Morgan fingerprint density at radius 3 is 1.52 bits per heavy atom. The number of ether oxygens (including phenoxy) is 2. The molecule has 0 atom stereocenters. The van der Waals surface area contributed by atoms with Crippen molar-refractivity contribution in [3.63, 3.8) is 0 Å². The number of hydrogen-bond donors (Lipinski definition) is 1. The van der Waals surface area contributed by atoms with Crippen molar-refractivity contribution < 1.29 is 37.4 Å². The van der Waals surface area contributed by atoms with Gasteiger partial charge in [-0.3, -0.25) is 4.90 Å². The SMILES string of the molecule is C.CN1CCN(C(=O)Nc2ccc(Br)cc2)CC1.COC(=O)c1ccc(CBr)c(F)c1.COC(=O)c1ccc(CN(C(=O)N2CCN(C)CC2)c2ccc(Br)cc2)c(F)c1. The quantitative estimate of drug-likeness (QED) is 0.144. The first-order valence-electron chi connectivity index (χ1n) is 18.5. The number of halogens is 5. The van der Waals surface area contributed by atoms with E-state index in [2.05, 4.69) is 79.4 Å². The van der Waals surface area contributed by atoms with Gasteiger partial charge in [0.25, 0.3) is 0 Å². The average molecular weight is 1030 g/mol. The number of alkyl halides is 1. The number of nitrogens with one attached hydrogen (secondary N) is 1. The highest BCUT2D eigenvalue weighted by Crippen LogP contribution is 2.24. The number of hydrogen-bond acceptors (Lipinski definition) is 8. The summed E-state index contributed by atoms with van der Waals surface area (Å²) in [6, 6.07) is 23.2. The third-order valence-electron chi connectivity index (χ3n) is 9.45.